The van der Waals surface area contributed by atoms with Crippen LogP contribution >= 0.6 is 15.9 Å². The van der Waals surface area contributed by atoms with Crippen molar-refractivity contribution in [2.45, 2.75) is 0 Å². The number of phenols is 3. The van der Waals surface area contributed by atoms with Crippen molar-refractivity contribution in [3.05, 3.63) is 57.2 Å². The van der Waals surface area contributed by atoms with Gasteiger partial charge in [-0.3, -0.25) is 9.36 Å². The number of hydrogen-bond donors (Lipinski definition) is 3. The van der Waals surface area contributed by atoms with Crippen LogP contribution in [0.2, 0.25) is 0 Å². The van der Waals surface area contributed by atoms with Crippen molar-refractivity contribution in [3.63, 3.8) is 0 Å². The van der Waals surface area contributed by atoms with Gasteiger partial charge < -0.3 is 15.3 Å². The molecular formula is C15H9BrFNO4. The van der Waals surface area contributed by atoms with Gasteiger partial charge in [-0.1, -0.05) is 0 Å². The average Bonchev–Trinajstić information content (AvgIpc) is 2.45. The molecule has 0 saturated heterocycles. The van der Waals surface area contributed by atoms with E-state index in [1.807, 2.05) is 0 Å². The molecule has 7 heteroatoms. The molecule has 0 fully saturated rings. The Hall–Kier alpha value is -2.54. The third kappa shape index (κ3) is 2.19. The van der Waals surface area contributed by atoms with E-state index in [9.17, 15) is 24.5 Å². The fraction of sp³-hybridized carbons (Fsp3) is 0. The summed E-state index contributed by atoms with van der Waals surface area (Å²) >= 11 is 3.26. The molecule has 0 radical (unpaired) electrons. The number of rotatable bonds is 1. The third-order valence-corrected chi connectivity index (χ3v) is 3.88. The molecule has 0 bridgehead atoms. The van der Waals surface area contributed by atoms with Gasteiger partial charge in [-0.15, -0.1) is 0 Å². The zero-order valence-corrected chi connectivity index (χ0v) is 12.5. The molecule has 1 aromatic heterocycles. The van der Waals surface area contributed by atoms with Gasteiger partial charge in [0.2, 0.25) is 0 Å². The fourth-order valence-corrected chi connectivity index (χ4v) is 2.74. The third-order valence-electron chi connectivity index (χ3n) is 3.24. The van der Waals surface area contributed by atoms with E-state index in [4.69, 9.17) is 0 Å². The Labute approximate surface area is 131 Å². The molecule has 0 amide bonds. The summed E-state index contributed by atoms with van der Waals surface area (Å²) in [5, 5.41) is 29.0. The van der Waals surface area contributed by atoms with Crippen molar-refractivity contribution >= 4 is 26.7 Å². The first-order chi connectivity index (χ1) is 10.4. The number of hydrogen-bond acceptors (Lipinski definition) is 4. The van der Waals surface area contributed by atoms with Crippen LogP contribution in [0.3, 0.4) is 0 Å². The maximum Gasteiger partial charge on any atom is 0.266 e. The second-order valence-corrected chi connectivity index (χ2v) is 5.53. The second-order valence-electron chi connectivity index (χ2n) is 4.68. The van der Waals surface area contributed by atoms with Gasteiger partial charge in [0.1, 0.15) is 11.5 Å². The van der Waals surface area contributed by atoms with Crippen LogP contribution in [-0.2, 0) is 0 Å². The Balaban J connectivity index is 2.39. The molecule has 0 spiro atoms. The normalized spacial score (nSPS) is 11.0. The first kappa shape index (κ1) is 14.4. The minimum absolute atomic E-state index is 0.0133. The van der Waals surface area contributed by atoms with Crippen molar-refractivity contribution in [1.29, 1.82) is 0 Å². The fourth-order valence-electron chi connectivity index (χ4n) is 2.22. The monoisotopic (exact) mass is 365 g/mol. The van der Waals surface area contributed by atoms with Crippen LogP contribution < -0.4 is 5.56 Å². The van der Waals surface area contributed by atoms with Gasteiger partial charge in [0.15, 0.2) is 11.6 Å². The number of halogens is 2. The van der Waals surface area contributed by atoms with Crippen LogP contribution in [0.4, 0.5) is 4.39 Å². The van der Waals surface area contributed by atoms with Crippen molar-refractivity contribution in [2.24, 2.45) is 0 Å². The predicted octanol–water partition coefficient (Wildman–Crippen LogP) is 3.01. The lowest BCUT2D eigenvalue weighted by atomic mass is 10.1. The molecule has 2 aromatic carbocycles. The molecule has 5 nitrogen and oxygen atoms in total. The zero-order chi connectivity index (χ0) is 16.0. The summed E-state index contributed by atoms with van der Waals surface area (Å²) in [6.07, 6.45) is 1.40. The highest BCUT2D eigenvalue weighted by Gasteiger charge is 2.14. The van der Waals surface area contributed by atoms with Crippen LogP contribution in [0.5, 0.6) is 17.2 Å². The minimum Gasteiger partial charge on any atom is -0.508 e. The van der Waals surface area contributed by atoms with Gasteiger partial charge in [0, 0.05) is 28.2 Å². The summed E-state index contributed by atoms with van der Waals surface area (Å²) < 4.78 is 15.0. The van der Waals surface area contributed by atoms with Gasteiger partial charge in [0.25, 0.3) is 5.56 Å². The number of aromatic nitrogens is 1. The van der Waals surface area contributed by atoms with Crippen LogP contribution in [-0.4, -0.2) is 19.9 Å². The first-order valence-corrected chi connectivity index (χ1v) is 6.93. The van der Waals surface area contributed by atoms with Gasteiger partial charge >= 0.3 is 0 Å². The summed E-state index contributed by atoms with van der Waals surface area (Å²) in [7, 11) is 0. The van der Waals surface area contributed by atoms with E-state index in [1.165, 1.54) is 18.3 Å². The van der Waals surface area contributed by atoms with E-state index in [0.29, 0.717) is 9.86 Å². The molecule has 0 aliphatic carbocycles. The standard InChI is InChI=1S/C15H9BrFNO4/c16-10-6-18(7-1-2-12(20)11(17)3-7)15(22)14-9(10)4-8(19)5-13(14)21/h1-6,19-21H. The molecule has 0 saturated carbocycles. The Morgan fingerprint density at radius 2 is 1.77 bits per heavy atom. The number of fused-ring (bicyclic) bond motifs is 1. The van der Waals surface area contributed by atoms with E-state index in [-0.39, 0.29) is 22.6 Å². The summed E-state index contributed by atoms with van der Waals surface area (Å²) in [6.45, 7) is 0. The summed E-state index contributed by atoms with van der Waals surface area (Å²) in [5.41, 5.74) is -0.392. The minimum atomic E-state index is -0.865. The molecule has 3 aromatic rings. The summed E-state index contributed by atoms with van der Waals surface area (Å²) in [6, 6.07) is 5.90. The topological polar surface area (TPSA) is 82.7 Å². The van der Waals surface area contributed by atoms with Gasteiger partial charge in [0.05, 0.1) is 11.1 Å². The molecule has 0 unspecified atom stereocenters. The number of nitrogens with zero attached hydrogens (tertiary/aromatic N) is 1. The van der Waals surface area contributed by atoms with E-state index in [1.54, 1.807) is 0 Å². The van der Waals surface area contributed by atoms with Crippen molar-refractivity contribution in [2.75, 3.05) is 0 Å². The Morgan fingerprint density at radius 3 is 2.45 bits per heavy atom. The molecule has 1 heterocycles. The maximum absolute atomic E-state index is 13.5. The predicted molar refractivity (Wildman–Crippen MR) is 82.2 cm³/mol. The highest BCUT2D eigenvalue weighted by molar-refractivity contribution is 9.10. The quantitative estimate of drug-likeness (QED) is 0.618. The SMILES string of the molecule is O=c1c2c(O)cc(O)cc2c(Br)cn1-c1ccc(O)c(F)c1. The number of benzene rings is 2. The number of aromatic hydroxyl groups is 3. The van der Waals surface area contributed by atoms with E-state index < -0.39 is 17.1 Å². The molecule has 0 aliphatic rings. The highest BCUT2D eigenvalue weighted by Crippen LogP contribution is 2.32. The first-order valence-electron chi connectivity index (χ1n) is 6.14. The Kier molecular flexibility index (Phi) is 3.29. The molecule has 112 valence electrons. The Morgan fingerprint density at radius 1 is 1.05 bits per heavy atom. The maximum atomic E-state index is 13.5. The van der Waals surface area contributed by atoms with Gasteiger partial charge in [-0.2, -0.15) is 0 Å². The smallest absolute Gasteiger partial charge is 0.266 e. The Bertz CT molecular complexity index is 968. The van der Waals surface area contributed by atoms with Crippen molar-refractivity contribution in [1.82, 2.24) is 4.57 Å². The molecule has 22 heavy (non-hydrogen) atoms. The van der Waals surface area contributed by atoms with Crippen LogP contribution in [0.1, 0.15) is 0 Å². The van der Waals surface area contributed by atoms with Gasteiger partial charge in [-0.05, 0) is 34.1 Å². The van der Waals surface area contributed by atoms with E-state index >= 15 is 0 Å². The van der Waals surface area contributed by atoms with Crippen molar-refractivity contribution in [3.8, 4) is 22.9 Å². The number of pyridine rings is 1. The van der Waals surface area contributed by atoms with Gasteiger partial charge in [-0.25, -0.2) is 4.39 Å². The molecular weight excluding hydrogens is 357 g/mol. The second kappa shape index (κ2) is 5.03. The molecule has 0 aliphatic heterocycles. The highest BCUT2D eigenvalue weighted by atomic mass is 79.9. The lowest BCUT2D eigenvalue weighted by Gasteiger charge is -2.11. The molecule has 3 rings (SSSR count). The molecule has 3 N–H and O–H groups in total. The average molecular weight is 366 g/mol. The van der Waals surface area contributed by atoms with Crippen molar-refractivity contribution < 1.29 is 19.7 Å². The number of phenolic OH excluding ortho intramolecular Hbond substituents is 3. The summed E-state index contributed by atoms with van der Waals surface area (Å²) in [5.74, 6) is -1.95. The van der Waals surface area contributed by atoms with Crippen LogP contribution in [0, 0.1) is 5.82 Å². The lowest BCUT2D eigenvalue weighted by Crippen LogP contribution is -2.18. The van der Waals surface area contributed by atoms with E-state index in [0.717, 1.165) is 22.8 Å². The van der Waals surface area contributed by atoms with Crippen LogP contribution in [0.15, 0.2) is 45.8 Å². The zero-order valence-electron chi connectivity index (χ0n) is 10.9. The summed E-state index contributed by atoms with van der Waals surface area (Å²) in [4.78, 5) is 12.5. The lowest BCUT2D eigenvalue weighted by molar-refractivity contribution is 0.432. The van der Waals surface area contributed by atoms with Crippen LogP contribution in [0.25, 0.3) is 16.5 Å². The molecule has 0 atom stereocenters. The largest absolute Gasteiger partial charge is 0.508 e. The van der Waals surface area contributed by atoms with E-state index in [2.05, 4.69) is 15.9 Å².